The molecule has 0 spiro atoms. The fourth-order valence-corrected chi connectivity index (χ4v) is 3.43. The number of nitrogens with zero attached hydrogens (tertiary/aromatic N) is 2. The van der Waals surface area contributed by atoms with Gasteiger partial charge in [0.25, 0.3) is 0 Å². The van der Waals surface area contributed by atoms with Gasteiger partial charge in [-0.1, -0.05) is 24.3 Å². The normalized spacial score (nSPS) is 11.0. The van der Waals surface area contributed by atoms with Crippen LogP contribution in [0.15, 0.2) is 66.9 Å². The van der Waals surface area contributed by atoms with Gasteiger partial charge in [-0.25, -0.2) is 9.78 Å². The van der Waals surface area contributed by atoms with Crippen molar-refractivity contribution in [1.82, 2.24) is 15.3 Å². The van der Waals surface area contributed by atoms with Crippen LogP contribution in [0.5, 0.6) is 28.9 Å². The van der Waals surface area contributed by atoms with E-state index < -0.39 is 11.6 Å². The molecule has 0 aliphatic heterocycles. The van der Waals surface area contributed by atoms with Crippen molar-refractivity contribution < 1.29 is 23.7 Å². The Morgan fingerprint density at radius 3 is 2.14 bits per heavy atom. The molecule has 36 heavy (non-hydrogen) atoms. The van der Waals surface area contributed by atoms with E-state index in [1.54, 1.807) is 56.8 Å². The second kappa shape index (κ2) is 10.4. The molecule has 1 heterocycles. The monoisotopic (exact) mass is 488 g/mol. The molecule has 1 amide bonds. The molecule has 3 aromatic carbocycles. The molecular formula is C27H28N4O5. The van der Waals surface area contributed by atoms with Gasteiger partial charge in [0.15, 0.2) is 0 Å². The van der Waals surface area contributed by atoms with Gasteiger partial charge in [-0.3, -0.25) is 0 Å². The molecule has 0 saturated carbocycles. The predicted molar refractivity (Wildman–Crippen MR) is 138 cm³/mol. The first-order chi connectivity index (χ1) is 17.2. The van der Waals surface area contributed by atoms with Gasteiger partial charge in [0.05, 0.1) is 14.2 Å². The Balaban J connectivity index is 1.57. The number of anilines is 2. The first kappa shape index (κ1) is 24.6. The Labute approximate surface area is 209 Å². The van der Waals surface area contributed by atoms with E-state index in [1.807, 2.05) is 45.0 Å². The average molecular weight is 489 g/mol. The zero-order valence-electron chi connectivity index (χ0n) is 20.8. The van der Waals surface area contributed by atoms with Crippen molar-refractivity contribution in [3.63, 3.8) is 0 Å². The summed E-state index contributed by atoms with van der Waals surface area (Å²) in [6.07, 6.45) is 1.07. The van der Waals surface area contributed by atoms with Crippen LogP contribution in [-0.4, -0.2) is 35.8 Å². The van der Waals surface area contributed by atoms with Crippen molar-refractivity contribution in [2.45, 2.75) is 26.3 Å². The molecule has 0 atom stereocenters. The second-order valence-electron chi connectivity index (χ2n) is 8.92. The van der Waals surface area contributed by atoms with Crippen LogP contribution in [0.2, 0.25) is 0 Å². The molecule has 0 saturated heterocycles. The van der Waals surface area contributed by atoms with E-state index in [-0.39, 0.29) is 0 Å². The Hall–Kier alpha value is -4.53. The number of ether oxygens (including phenoxy) is 4. The Morgan fingerprint density at radius 2 is 1.50 bits per heavy atom. The van der Waals surface area contributed by atoms with Crippen molar-refractivity contribution in [3.8, 4) is 28.9 Å². The summed E-state index contributed by atoms with van der Waals surface area (Å²) in [4.78, 5) is 21.1. The number of amides is 1. The van der Waals surface area contributed by atoms with Crippen LogP contribution in [0.1, 0.15) is 20.8 Å². The zero-order chi connectivity index (χ0) is 25.7. The number of carbonyl (C=O) groups excluding carboxylic acids is 1. The van der Waals surface area contributed by atoms with Gasteiger partial charge in [0.2, 0.25) is 11.8 Å². The van der Waals surface area contributed by atoms with Gasteiger partial charge < -0.3 is 29.6 Å². The number of benzene rings is 3. The summed E-state index contributed by atoms with van der Waals surface area (Å²) in [5.41, 5.74) is 0.286. The maximum Gasteiger partial charge on any atom is 0.413 e. The minimum atomic E-state index is -0.526. The number of rotatable bonds is 7. The van der Waals surface area contributed by atoms with Gasteiger partial charge in [-0.15, -0.1) is 0 Å². The lowest BCUT2D eigenvalue weighted by molar-refractivity contribution is 0.191. The third-order valence-electron chi connectivity index (χ3n) is 4.98. The van der Waals surface area contributed by atoms with Crippen LogP contribution in [0.4, 0.5) is 16.4 Å². The summed E-state index contributed by atoms with van der Waals surface area (Å²) in [5, 5.41) is 7.43. The Kier molecular flexibility index (Phi) is 7.10. The number of methoxy groups -OCH3 is 2. The third-order valence-corrected chi connectivity index (χ3v) is 4.98. The summed E-state index contributed by atoms with van der Waals surface area (Å²) in [5.74, 6) is 2.93. The van der Waals surface area contributed by atoms with E-state index in [4.69, 9.17) is 18.9 Å². The minimum Gasteiger partial charge on any atom is -0.497 e. The molecule has 0 aliphatic rings. The maximum absolute atomic E-state index is 12.3. The van der Waals surface area contributed by atoms with Crippen molar-refractivity contribution in [1.29, 1.82) is 0 Å². The SMILES string of the molecule is COc1cc(Nc2nccc(Oc3ccc(OC(=O)NC(C)(C)C)c4ccccc34)n2)cc(OC)c1. The van der Waals surface area contributed by atoms with Gasteiger partial charge in [-0.2, -0.15) is 4.98 Å². The maximum atomic E-state index is 12.3. The van der Waals surface area contributed by atoms with Crippen LogP contribution in [0, 0.1) is 0 Å². The molecule has 0 aliphatic carbocycles. The lowest BCUT2D eigenvalue weighted by Crippen LogP contribution is -2.42. The van der Waals surface area contributed by atoms with Crippen LogP contribution in [0.25, 0.3) is 10.8 Å². The predicted octanol–water partition coefficient (Wildman–Crippen LogP) is 6.07. The zero-order valence-corrected chi connectivity index (χ0v) is 20.8. The summed E-state index contributed by atoms with van der Waals surface area (Å²) < 4.78 is 22.3. The molecule has 1 aromatic heterocycles. The van der Waals surface area contributed by atoms with Crippen LogP contribution in [-0.2, 0) is 0 Å². The highest BCUT2D eigenvalue weighted by Crippen LogP contribution is 2.35. The standard InChI is InChI=1S/C27H28N4O5/c1-27(2,3)31-26(32)36-23-11-10-22(20-8-6-7-9-21(20)23)35-24-12-13-28-25(30-24)29-17-14-18(33-4)16-19(15-17)34-5/h6-16H,1-5H3,(H,31,32)(H,28,29,30). The summed E-state index contributed by atoms with van der Waals surface area (Å²) in [6.45, 7) is 5.66. The number of aromatic nitrogens is 2. The molecule has 0 radical (unpaired) electrons. The number of hydrogen-bond acceptors (Lipinski definition) is 8. The van der Waals surface area contributed by atoms with Gasteiger partial charge in [0, 0.05) is 52.5 Å². The van der Waals surface area contributed by atoms with Gasteiger partial charge >= 0.3 is 6.09 Å². The molecule has 9 heteroatoms. The first-order valence-corrected chi connectivity index (χ1v) is 11.3. The number of nitrogens with one attached hydrogen (secondary N) is 2. The fourth-order valence-electron chi connectivity index (χ4n) is 3.43. The largest absolute Gasteiger partial charge is 0.497 e. The van der Waals surface area contributed by atoms with Crippen LogP contribution < -0.4 is 29.6 Å². The van der Waals surface area contributed by atoms with Gasteiger partial charge in [0.1, 0.15) is 23.0 Å². The molecule has 0 unspecified atom stereocenters. The topological polar surface area (TPSA) is 104 Å². The molecule has 0 bridgehead atoms. The molecular weight excluding hydrogens is 460 g/mol. The fraction of sp³-hybridized carbons (Fsp3) is 0.222. The van der Waals surface area contributed by atoms with Crippen LogP contribution >= 0.6 is 0 Å². The highest BCUT2D eigenvalue weighted by molar-refractivity contribution is 5.94. The lowest BCUT2D eigenvalue weighted by Gasteiger charge is -2.20. The molecule has 4 rings (SSSR count). The van der Waals surface area contributed by atoms with Crippen molar-refractivity contribution in [2.24, 2.45) is 0 Å². The first-order valence-electron chi connectivity index (χ1n) is 11.3. The molecule has 186 valence electrons. The molecule has 2 N–H and O–H groups in total. The van der Waals surface area contributed by atoms with Crippen molar-refractivity contribution in [2.75, 3.05) is 19.5 Å². The number of carbonyl (C=O) groups is 1. The van der Waals surface area contributed by atoms with Crippen molar-refractivity contribution in [3.05, 3.63) is 66.9 Å². The highest BCUT2D eigenvalue weighted by atomic mass is 16.6. The Bertz CT molecular complexity index is 1360. The lowest BCUT2D eigenvalue weighted by atomic mass is 10.1. The van der Waals surface area contributed by atoms with E-state index in [0.717, 1.165) is 10.8 Å². The number of fused-ring (bicyclic) bond motifs is 1. The quantitative estimate of drug-likeness (QED) is 0.323. The molecule has 4 aromatic rings. The summed E-state index contributed by atoms with van der Waals surface area (Å²) in [7, 11) is 3.17. The second-order valence-corrected chi connectivity index (χ2v) is 8.92. The van der Waals surface area contributed by atoms with E-state index in [1.165, 1.54) is 0 Å². The van der Waals surface area contributed by atoms with Crippen molar-refractivity contribution >= 4 is 28.5 Å². The third kappa shape index (κ3) is 6.12. The van der Waals surface area contributed by atoms with E-state index in [2.05, 4.69) is 20.6 Å². The van der Waals surface area contributed by atoms with Crippen LogP contribution in [0.3, 0.4) is 0 Å². The van der Waals surface area contributed by atoms with Gasteiger partial charge in [-0.05, 0) is 32.9 Å². The molecule has 9 nitrogen and oxygen atoms in total. The Morgan fingerprint density at radius 1 is 0.861 bits per heavy atom. The molecule has 0 fully saturated rings. The van der Waals surface area contributed by atoms with E-state index in [0.29, 0.717) is 40.5 Å². The number of hydrogen-bond donors (Lipinski definition) is 2. The summed E-state index contributed by atoms with van der Waals surface area (Å²) >= 11 is 0. The minimum absolute atomic E-state index is 0.339. The summed E-state index contributed by atoms with van der Waals surface area (Å²) in [6, 6.07) is 18.0. The smallest absolute Gasteiger partial charge is 0.413 e. The van der Waals surface area contributed by atoms with E-state index in [9.17, 15) is 4.79 Å². The van der Waals surface area contributed by atoms with E-state index >= 15 is 0 Å². The highest BCUT2D eigenvalue weighted by Gasteiger charge is 2.17. The average Bonchev–Trinajstić information content (AvgIpc) is 2.84.